The molecule has 3 rings (SSSR count). The van der Waals surface area contributed by atoms with E-state index in [0.29, 0.717) is 11.4 Å². The minimum absolute atomic E-state index is 0.0218. The smallest absolute Gasteiger partial charge is 0.392 e. The highest BCUT2D eigenvalue weighted by molar-refractivity contribution is 6.33. The fraction of sp³-hybridized carbons (Fsp3) is 0.391. The number of nitrogens with one attached hydrogen (secondary N) is 1. The molecule has 1 saturated carbocycles. The highest BCUT2D eigenvalue weighted by Gasteiger charge is 2.51. The van der Waals surface area contributed by atoms with Crippen molar-refractivity contribution in [2.45, 2.75) is 44.4 Å². The SMILES string of the molecule is C[C@H]([C@H](C(=O)Nc1cc(C(O)C2(C(=O)O)CCC2)ccc1Cl)c1ccc(Cl)cc1)C(F)(F)F. The van der Waals surface area contributed by atoms with E-state index < -0.39 is 41.4 Å². The number of rotatable bonds is 7. The number of aliphatic hydroxyl groups is 1. The van der Waals surface area contributed by atoms with Gasteiger partial charge in [0.1, 0.15) is 0 Å². The van der Waals surface area contributed by atoms with Crippen molar-refractivity contribution in [1.82, 2.24) is 0 Å². The quantitative estimate of drug-likeness (QED) is 0.419. The van der Waals surface area contributed by atoms with Gasteiger partial charge in [-0.1, -0.05) is 54.7 Å². The summed E-state index contributed by atoms with van der Waals surface area (Å²) in [4.78, 5) is 24.7. The lowest BCUT2D eigenvalue weighted by Crippen LogP contribution is -2.43. The summed E-state index contributed by atoms with van der Waals surface area (Å²) in [6.07, 6.45) is -4.79. The van der Waals surface area contributed by atoms with Crippen molar-refractivity contribution >= 4 is 40.8 Å². The Bertz CT molecular complexity index is 1040. The maximum absolute atomic E-state index is 13.5. The zero-order chi connectivity index (χ0) is 24.6. The number of carbonyl (C=O) groups is 2. The normalized spacial score (nSPS) is 18.0. The van der Waals surface area contributed by atoms with Gasteiger partial charge in [-0.2, -0.15) is 13.2 Å². The van der Waals surface area contributed by atoms with Crippen LogP contribution in [0.1, 0.15) is 49.3 Å². The molecule has 178 valence electrons. The van der Waals surface area contributed by atoms with Crippen molar-refractivity contribution < 1.29 is 33.0 Å². The number of carboxylic acids is 1. The van der Waals surface area contributed by atoms with Crippen molar-refractivity contribution in [3.8, 4) is 0 Å². The number of carbonyl (C=O) groups excluding carboxylic acids is 1. The largest absolute Gasteiger partial charge is 0.481 e. The summed E-state index contributed by atoms with van der Waals surface area (Å²) in [6.45, 7) is 0.911. The first-order chi connectivity index (χ1) is 15.4. The number of aliphatic carboxylic acids is 1. The summed E-state index contributed by atoms with van der Waals surface area (Å²) in [5.74, 6) is -5.70. The Morgan fingerprint density at radius 1 is 1.06 bits per heavy atom. The van der Waals surface area contributed by atoms with Crippen molar-refractivity contribution in [2.24, 2.45) is 11.3 Å². The summed E-state index contributed by atoms with van der Waals surface area (Å²) >= 11 is 12.0. The Hall–Kier alpha value is -2.29. The molecule has 0 aromatic heterocycles. The minimum atomic E-state index is -4.65. The second kappa shape index (κ2) is 9.52. The standard InChI is InChI=1S/C23H22Cl2F3NO4/c1-12(23(26,27)28)18(13-3-6-15(24)7-4-13)20(31)29-17-11-14(5-8-16(17)25)19(30)22(21(32)33)9-2-10-22/h3-8,11-12,18-19,30H,2,9-10H2,1H3,(H,29,31)(H,32,33)/t12-,18+,19?/m1/s1. The van der Waals surface area contributed by atoms with Gasteiger partial charge in [-0.05, 0) is 48.2 Å². The van der Waals surface area contributed by atoms with Crippen LogP contribution in [0.4, 0.5) is 18.9 Å². The van der Waals surface area contributed by atoms with Gasteiger partial charge in [0.2, 0.25) is 5.91 Å². The molecule has 3 N–H and O–H groups in total. The van der Waals surface area contributed by atoms with Crippen LogP contribution in [0.5, 0.6) is 0 Å². The number of benzene rings is 2. The van der Waals surface area contributed by atoms with E-state index in [1.54, 1.807) is 0 Å². The van der Waals surface area contributed by atoms with E-state index in [0.717, 1.165) is 6.92 Å². The molecule has 0 bridgehead atoms. The zero-order valence-electron chi connectivity index (χ0n) is 17.5. The molecular formula is C23H22Cl2F3NO4. The van der Waals surface area contributed by atoms with E-state index >= 15 is 0 Å². The van der Waals surface area contributed by atoms with E-state index in [9.17, 15) is 33.0 Å². The second-order valence-electron chi connectivity index (χ2n) is 8.31. The maximum atomic E-state index is 13.5. The number of hydrogen-bond donors (Lipinski definition) is 3. The Labute approximate surface area is 198 Å². The van der Waals surface area contributed by atoms with Gasteiger partial charge < -0.3 is 15.5 Å². The molecule has 0 saturated heterocycles. The summed E-state index contributed by atoms with van der Waals surface area (Å²) in [5.41, 5.74) is -1.05. The topological polar surface area (TPSA) is 86.6 Å². The first-order valence-corrected chi connectivity index (χ1v) is 11.0. The molecule has 2 aromatic carbocycles. The van der Waals surface area contributed by atoms with Crippen LogP contribution in [0, 0.1) is 11.3 Å². The Morgan fingerprint density at radius 2 is 1.64 bits per heavy atom. The van der Waals surface area contributed by atoms with E-state index in [4.69, 9.17) is 23.2 Å². The second-order valence-corrected chi connectivity index (χ2v) is 9.15. The fourth-order valence-electron chi connectivity index (χ4n) is 4.03. The highest BCUT2D eigenvalue weighted by Crippen LogP contribution is 2.51. The first-order valence-electron chi connectivity index (χ1n) is 10.2. The van der Waals surface area contributed by atoms with Crippen molar-refractivity contribution in [3.05, 3.63) is 63.6 Å². The van der Waals surface area contributed by atoms with Gasteiger partial charge in [-0.25, -0.2) is 0 Å². The van der Waals surface area contributed by atoms with Gasteiger partial charge in [0.25, 0.3) is 0 Å². The molecule has 0 spiro atoms. The van der Waals surface area contributed by atoms with Gasteiger partial charge in [-0.3, -0.25) is 9.59 Å². The molecule has 1 aliphatic rings. The Morgan fingerprint density at radius 3 is 2.12 bits per heavy atom. The average molecular weight is 504 g/mol. The molecule has 1 aliphatic carbocycles. The van der Waals surface area contributed by atoms with E-state index in [1.807, 2.05) is 0 Å². The Kier molecular flexibility index (Phi) is 7.31. The van der Waals surface area contributed by atoms with E-state index in [1.165, 1.54) is 42.5 Å². The van der Waals surface area contributed by atoms with Crippen LogP contribution in [-0.2, 0) is 9.59 Å². The number of anilines is 1. The molecular weight excluding hydrogens is 482 g/mol. The van der Waals surface area contributed by atoms with Gasteiger partial charge in [-0.15, -0.1) is 0 Å². The molecule has 1 amide bonds. The highest BCUT2D eigenvalue weighted by atomic mass is 35.5. The van der Waals surface area contributed by atoms with Crippen LogP contribution in [0.2, 0.25) is 10.0 Å². The van der Waals surface area contributed by atoms with Gasteiger partial charge >= 0.3 is 12.1 Å². The van der Waals surface area contributed by atoms with Crippen LogP contribution < -0.4 is 5.32 Å². The average Bonchev–Trinajstić information content (AvgIpc) is 2.69. The van der Waals surface area contributed by atoms with Crippen LogP contribution in [0.15, 0.2) is 42.5 Å². The van der Waals surface area contributed by atoms with Crippen LogP contribution in [0.25, 0.3) is 0 Å². The minimum Gasteiger partial charge on any atom is -0.481 e. The lowest BCUT2D eigenvalue weighted by Gasteiger charge is -2.41. The van der Waals surface area contributed by atoms with Crippen LogP contribution in [0.3, 0.4) is 0 Å². The molecule has 1 fully saturated rings. The molecule has 5 nitrogen and oxygen atoms in total. The summed E-state index contributed by atoms with van der Waals surface area (Å²) < 4.78 is 40.6. The van der Waals surface area contributed by atoms with Crippen LogP contribution in [-0.4, -0.2) is 28.3 Å². The molecule has 2 aromatic rings. The van der Waals surface area contributed by atoms with Crippen molar-refractivity contribution in [1.29, 1.82) is 0 Å². The first kappa shape index (κ1) is 25.3. The monoisotopic (exact) mass is 503 g/mol. The third kappa shape index (κ3) is 5.13. The van der Waals surface area contributed by atoms with Crippen LogP contribution >= 0.6 is 23.2 Å². The lowest BCUT2D eigenvalue weighted by atomic mass is 9.63. The summed E-state index contributed by atoms with van der Waals surface area (Å²) in [5, 5.41) is 23.1. The van der Waals surface area contributed by atoms with Crippen molar-refractivity contribution in [3.63, 3.8) is 0 Å². The fourth-order valence-corrected chi connectivity index (χ4v) is 4.32. The van der Waals surface area contributed by atoms with Gasteiger partial charge in [0, 0.05) is 5.02 Å². The molecule has 1 unspecified atom stereocenters. The third-order valence-corrected chi connectivity index (χ3v) is 6.87. The molecule has 3 atom stereocenters. The molecule has 33 heavy (non-hydrogen) atoms. The third-order valence-electron chi connectivity index (χ3n) is 6.29. The Balaban J connectivity index is 1.93. The van der Waals surface area contributed by atoms with E-state index in [2.05, 4.69) is 5.32 Å². The van der Waals surface area contributed by atoms with E-state index in [-0.39, 0.29) is 34.7 Å². The molecule has 0 heterocycles. The molecule has 0 aliphatic heterocycles. The van der Waals surface area contributed by atoms with Gasteiger partial charge in [0.05, 0.1) is 34.1 Å². The number of halogens is 5. The number of aliphatic hydroxyl groups excluding tert-OH is 1. The number of amides is 1. The van der Waals surface area contributed by atoms with Crippen molar-refractivity contribution in [2.75, 3.05) is 5.32 Å². The number of carboxylic acid groups (broad SMARTS) is 1. The maximum Gasteiger partial charge on any atom is 0.392 e. The van der Waals surface area contributed by atoms with Gasteiger partial charge in [0.15, 0.2) is 0 Å². The molecule has 0 radical (unpaired) electrons. The zero-order valence-corrected chi connectivity index (χ0v) is 19.0. The predicted molar refractivity (Wildman–Crippen MR) is 118 cm³/mol. The number of hydrogen-bond acceptors (Lipinski definition) is 3. The predicted octanol–water partition coefficient (Wildman–Crippen LogP) is 6.20. The number of alkyl halides is 3. The lowest BCUT2D eigenvalue weighted by molar-refractivity contribution is -0.178. The molecule has 10 heteroatoms. The summed E-state index contributed by atoms with van der Waals surface area (Å²) in [7, 11) is 0. The summed E-state index contributed by atoms with van der Waals surface area (Å²) in [6, 6.07) is 9.58.